The van der Waals surface area contributed by atoms with Crippen LogP contribution in [0.5, 0.6) is 6.01 Å². The molecular formula is C11H22N6O3. The highest BCUT2D eigenvalue weighted by atomic mass is 16.5. The maximum atomic E-state index is 5.34. The fourth-order valence-corrected chi connectivity index (χ4v) is 1.56. The highest BCUT2D eigenvalue weighted by Crippen LogP contribution is 2.14. The molecule has 0 aliphatic rings. The Morgan fingerprint density at radius 2 is 1.80 bits per heavy atom. The third-order valence-corrected chi connectivity index (χ3v) is 2.54. The summed E-state index contributed by atoms with van der Waals surface area (Å²) in [4.78, 5) is 14.4. The van der Waals surface area contributed by atoms with Gasteiger partial charge < -0.3 is 19.1 Å². The molecular weight excluding hydrogens is 264 g/mol. The summed E-state index contributed by atoms with van der Waals surface area (Å²) >= 11 is 0. The van der Waals surface area contributed by atoms with Crippen molar-refractivity contribution < 1.29 is 14.2 Å². The third-order valence-electron chi connectivity index (χ3n) is 2.54. The van der Waals surface area contributed by atoms with Gasteiger partial charge in [-0.1, -0.05) is 0 Å². The maximum absolute atomic E-state index is 5.34. The van der Waals surface area contributed by atoms with Gasteiger partial charge in [0.1, 0.15) is 0 Å². The van der Waals surface area contributed by atoms with E-state index in [1.807, 2.05) is 4.90 Å². The fourth-order valence-electron chi connectivity index (χ4n) is 1.56. The van der Waals surface area contributed by atoms with Crippen LogP contribution in [0.4, 0.5) is 11.9 Å². The lowest BCUT2D eigenvalue weighted by Gasteiger charge is -2.22. The Bertz CT molecular complexity index is 370. The molecule has 0 atom stereocenters. The Hall–Kier alpha value is -1.71. The summed E-state index contributed by atoms with van der Waals surface area (Å²) in [5, 5.41) is 0. The number of hydrogen-bond donors (Lipinski definition) is 2. The van der Waals surface area contributed by atoms with Gasteiger partial charge in [-0.3, -0.25) is 5.43 Å². The van der Waals surface area contributed by atoms with E-state index in [-0.39, 0.29) is 12.0 Å². The van der Waals surface area contributed by atoms with Gasteiger partial charge in [-0.25, -0.2) is 5.84 Å². The number of nitrogens with one attached hydrogen (secondary N) is 1. The van der Waals surface area contributed by atoms with Crippen molar-refractivity contribution in [1.82, 2.24) is 15.0 Å². The van der Waals surface area contributed by atoms with Crippen LogP contribution in [0.2, 0.25) is 0 Å². The van der Waals surface area contributed by atoms with E-state index in [9.17, 15) is 0 Å². The normalized spacial score (nSPS) is 10.4. The monoisotopic (exact) mass is 286 g/mol. The summed E-state index contributed by atoms with van der Waals surface area (Å²) in [5.74, 6) is 6.08. The first kappa shape index (κ1) is 16.3. The van der Waals surface area contributed by atoms with E-state index in [4.69, 9.17) is 20.1 Å². The van der Waals surface area contributed by atoms with Gasteiger partial charge in [-0.05, 0) is 6.42 Å². The quantitative estimate of drug-likeness (QED) is 0.339. The van der Waals surface area contributed by atoms with Gasteiger partial charge in [0.2, 0.25) is 11.9 Å². The van der Waals surface area contributed by atoms with Crippen LogP contribution in [0.25, 0.3) is 0 Å². The average molecular weight is 286 g/mol. The molecule has 0 aliphatic carbocycles. The molecule has 9 heteroatoms. The van der Waals surface area contributed by atoms with Crippen molar-refractivity contribution in [2.24, 2.45) is 5.84 Å². The molecule has 1 aromatic rings. The van der Waals surface area contributed by atoms with Gasteiger partial charge >= 0.3 is 6.01 Å². The summed E-state index contributed by atoms with van der Waals surface area (Å²) in [6.07, 6.45) is 0.847. The summed E-state index contributed by atoms with van der Waals surface area (Å²) < 4.78 is 15.2. The van der Waals surface area contributed by atoms with Crippen LogP contribution in [0.3, 0.4) is 0 Å². The molecule has 0 spiro atoms. The largest absolute Gasteiger partial charge is 0.467 e. The van der Waals surface area contributed by atoms with E-state index < -0.39 is 0 Å². The Labute approximate surface area is 118 Å². The van der Waals surface area contributed by atoms with Gasteiger partial charge in [-0.15, -0.1) is 0 Å². The predicted molar refractivity (Wildman–Crippen MR) is 74.8 cm³/mol. The molecule has 0 fully saturated rings. The average Bonchev–Trinajstić information content (AvgIpc) is 2.50. The van der Waals surface area contributed by atoms with Gasteiger partial charge in [0.15, 0.2) is 0 Å². The van der Waals surface area contributed by atoms with Crippen molar-refractivity contribution in [2.45, 2.75) is 6.42 Å². The molecule has 0 unspecified atom stereocenters. The van der Waals surface area contributed by atoms with Crippen molar-refractivity contribution >= 4 is 11.9 Å². The second-order valence-corrected chi connectivity index (χ2v) is 3.92. The number of methoxy groups -OCH3 is 3. The number of nitrogens with zero attached hydrogens (tertiary/aromatic N) is 4. The minimum absolute atomic E-state index is 0.206. The van der Waals surface area contributed by atoms with Crippen LogP contribution in [-0.2, 0) is 9.47 Å². The van der Waals surface area contributed by atoms with Crippen molar-refractivity contribution in [2.75, 3.05) is 58.0 Å². The van der Waals surface area contributed by atoms with E-state index in [2.05, 4.69) is 20.4 Å². The van der Waals surface area contributed by atoms with Gasteiger partial charge in [0.05, 0.1) is 13.7 Å². The Balaban J connectivity index is 2.86. The summed E-state index contributed by atoms with van der Waals surface area (Å²) in [5.41, 5.74) is 2.40. The lowest BCUT2D eigenvalue weighted by atomic mass is 10.4. The van der Waals surface area contributed by atoms with Gasteiger partial charge in [0.25, 0.3) is 0 Å². The fraction of sp³-hybridized carbons (Fsp3) is 0.727. The molecule has 114 valence electrons. The molecule has 3 N–H and O–H groups in total. The van der Waals surface area contributed by atoms with Crippen LogP contribution in [0.15, 0.2) is 0 Å². The molecule has 0 saturated carbocycles. The third kappa shape index (κ3) is 5.11. The Morgan fingerprint density at radius 1 is 1.05 bits per heavy atom. The molecule has 0 radical (unpaired) electrons. The SMILES string of the molecule is COCCCN(CCOC)c1nc(NN)nc(OC)n1. The highest BCUT2D eigenvalue weighted by Gasteiger charge is 2.13. The second-order valence-electron chi connectivity index (χ2n) is 3.92. The first-order valence-electron chi connectivity index (χ1n) is 6.24. The van der Waals surface area contributed by atoms with E-state index in [1.54, 1.807) is 14.2 Å². The molecule has 0 bridgehead atoms. The van der Waals surface area contributed by atoms with E-state index >= 15 is 0 Å². The zero-order chi connectivity index (χ0) is 14.8. The molecule has 0 amide bonds. The predicted octanol–water partition coefficient (Wildman–Crippen LogP) is -0.345. The maximum Gasteiger partial charge on any atom is 0.322 e. The van der Waals surface area contributed by atoms with E-state index in [0.29, 0.717) is 25.7 Å². The first-order chi connectivity index (χ1) is 9.74. The van der Waals surface area contributed by atoms with Crippen LogP contribution < -0.4 is 20.9 Å². The minimum Gasteiger partial charge on any atom is -0.467 e. The molecule has 1 rings (SSSR count). The number of hydrogen-bond acceptors (Lipinski definition) is 9. The summed E-state index contributed by atoms with van der Waals surface area (Å²) in [7, 11) is 4.81. The van der Waals surface area contributed by atoms with Crippen molar-refractivity contribution in [3.05, 3.63) is 0 Å². The number of nitrogens with two attached hydrogens (primary N) is 1. The lowest BCUT2D eigenvalue weighted by Crippen LogP contribution is -2.31. The van der Waals surface area contributed by atoms with Crippen LogP contribution in [-0.4, -0.2) is 62.6 Å². The topological polar surface area (TPSA) is 108 Å². The lowest BCUT2D eigenvalue weighted by molar-refractivity contribution is 0.190. The smallest absolute Gasteiger partial charge is 0.322 e. The number of aromatic nitrogens is 3. The zero-order valence-corrected chi connectivity index (χ0v) is 12.1. The zero-order valence-electron chi connectivity index (χ0n) is 12.1. The van der Waals surface area contributed by atoms with E-state index in [1.165, 1.54) is 7.11 Å². The molecule has 1 heterocycles. The van der Waals surface area contributed by atoms with Crippen LogP contribution in [0, 0.1) is 0 Å². The molecule has 9 nitrogen and oxygen atoms in total. The molecule has 0 aromatic carbocycles. The molecule has 20 heavy (non-hydrogen) atoms. The first-order valence-corrected chi connectivity index (χ1v) is 6.24. The van der Waals surface area contributed by atoms with Gasteiger partial charge in [-0.2, -0.15) is 15.0 Å². The van der Waals surface area contributed by atoms with Crippen LogP contribution in [0.1, 0.15) is 6.42 Å². The Kier molecular flexibility index (Phi) is 7.55. The molecule has 0 aliphatic heterocycles. The number of hydrazine groups is 1. The molecule has 0 saturated heterocycles. The number of anilines is 2. The minimum atomic E-state index is 0.206. The highest BCUT2D eigenvalue weighted by molar-refractivity contribution is 5.37. The van der Waals surface area contributed by atoms with Crippen LogP contribution >= 0.6 is 0 Å². The van der Waals surface area contributed by atoms with Crippen molar-refractivity contribution in [3.63, 3.8) is 0 Å². The second kappa shape index (κ2) is 9.23. The van der Waals surface area contributed by atoms with Crippen molar-refractivity contribution in [1.29, 1.82) is 0 Å². The van der Waals surface area contributed by atoms with Gasteiger partial charge in [0, 0.05) is 33.9 Å². The number of nitrogen functional groups attached to an aromatic ring is 1. The van der Waals surface area contributed by atoms with Crippen molar-refractivity contribution in [3.8, 4) is 6.01 Å². The standard InChI is InChI=1S/C11H22N6O3/c1-18-7-4-5-17(6-8-19-2)10-13-9(16-12)14-11(15-10)20-3/h4-8,12H2,1-3H3,(H,13,14,15,16). The summed E-state index contributed by atoms with van der Waals surface area (Å²) in [6, 6.07) is 0.206. The number of rotatable bonds is 10. The number of ether oxygens (including phenoxy) is 3. The summed E-state index contributed by atoms with van der Waals surface area (Å²) in [6.45, 7) is 2.60. The van der Waals surface area contributed by atoms with E-state index in [0.717, 1.165) is 13.0 Å². The molecule has 1 aromatic heterocycles. The Morgan fingerprint density at radius 3 is 2.40 bits per heavy atom.